The third-order valence-electron chi connectivity index (χ3n) is 11.2. The number of aromatic hydroxyl groups is 1. The number of fused-ring (bicyclic) bond motifs is 1. The van der Waals surface area contributed by atoms with E-state index in [1.165, 1.54) is 41.7 Å². The van der Waals surface area contributed by atoms with Crippen LogP contribution in [0.4, 0.5) is 5.82 Å². The van der Waals surface area contributed by atoms with Crippen LogP contribution in [-0.4, -0.2) is 114 Å². The summed E-state index contributed by atoms with van der Waals surface area (Å²) in [6, 6.07) is 19.3. The van der Waals surface area contributed by atoms with Crippen LogP contribution in [0.2, 0.25) is 0 Å². The predicted molar refractivity (Wildman–Crippen MR) is 209 cm³/mol. The van der Waals surface area contributed by atoms with Gasteiger partial charge < -0.3 is 39.8 Å². The molecule has 7 rings (SSSR count). The van der Waals surface area contributed by atoms with Gasteiger partial charge in [-0.1, -0.05) is 30.3 Å². The normalized spacial score (nSPS) is 17.9. The summed E-state index contributed by atoms with van der Waals surface area (Å²) in [5.74, 6) is 1.79. The molecule has 1 aliphatic carbocycles. The summed E-state index contributed by atoms with van der Waals surface area (Å²) < 4.78 is 12.3. The molecule has 3 aliphatic rings. The van der Waals surface area contributed by atoms with Crippen molar-refractivity contribution in [3.63, 3.8) is 0 Å². The molecule has 1 saturated carbocycles. The lowest BCUT2D eigenvalue weighted by atomic mass is 9.89. The first kappa shape index (κ1) is 38.0. The summed E-state index contributed by atoms with van der Waals surface area (Å²) in [5.41, 5.74) is 4.45. The van der Waals surface area contributed by atoms with Gasteiger partial charge in [0.05, 0.1) is 43.5 Å². The van der Waals surface area contributed by atoms with E-state index in [0.717, 1.165) is 70.3 Å². The molecule has 0 bridgehead atoms. The molecule has 1 atom stereocenters. The fourth-order valence-corrected chi connectivity index (χ4v) is 7.79. The molecular weight excluding hydrogens is 684 g/mol. The summed E-state index contributed by atoms with van der Waals surface area (Å²) in [5, 5.41) is 24.6. The number of nitrogens with one attached hydrogen (secondary N) is 2. The average molecular weight is 739 g/mol. The molecule has 54 heavy (non-hydrogen) atoms. The van der Waals surface area contributed by atoms with E-state index < -0.39 is 6.10 Å². The maximum atomic E-state index is 12.7. The van der Waals surface area contributed by atoms with Crippen molar-refractivity contribution in [3.8, 4) is 5.75 Å². The number of nitrogens with zero attached hydrogens (tertiary/aromatic N) is 4. The first-order valence-corrected chi connectivity index (χ1v) is 19.5. The van der Waals surface area contributed by atoms with E-state index in [1.807, 2.05) is 6.20 Å². The number of aliphatic hydroxyl groups excluding tert-OH is 1. The number of likely N-dealkylation sites (tertiary alicyclic amines) is 1. The third kappa shape index (κ3) is 9.66. The Labute approximate surface area is 317 Å². The zero-order valence-corrected chi connectivity index (χ0v) is 31.3. The van der Waals surface area contributed by atoms with Crippen molar-refractivity contribution in [2.24, 2.45) is 0 Å². The first-order valence-electron chi connectivity index (χ1n) is 19.5. The average Bonchev–Trinajstić information content (AvgIpc) is 4.04. The summed E-state index contributed by atoms with van der Waals surface area (Å²) in [4.78, 5) is 38.3. The second kappa shape index (κ2) is 17.4. The number of piperidine rings is 1. The Bertz CT molecular complexity index is 1940. The standard InChI is InChI=1S/C42H54N6O6/c1-46(20-17-43-27-37(50)34-7-9-36(49)41-35(34)8-10-39(51)45-41)40(52)13-23-53-22-12-30-3-2-4-31(25-30)28-47-18-14-42(15-19-47)29-48(21-24-54-42)38-26-33(11-16-44-38)32-5-6-32/h2-4,7-11,16,25-26,32,37,43,49-50H,5-6,12-15,17-24,27-29H2,1H3,(H,45,51). The number of morpholine rings is 1. The Kier molecular flexibility index (Phi) is 12.3. The molecule has 4 aromatic rings. The predicted octanol–water partition coefficient (Wildman–Crippen LogP) is 4.11. The van der Waals surface area contributed by atoms with Crippen LogP contribution in [-0.2, 0) is 27.2 Å². The van der Waals surface area contributed by atoms with Gasteiger partial charge in [-0.25, -0.2) is 4.98 Å². The second-order valence-electron chi connectivity index (χ2n) is 15.2. The van der Waals surface area contributed by atoms with Gasteiger partial charge in [0, 0.05) is 77.1 Å². The number of H-pyrrole nitrogens is 1. The molecule has 1 unspecified atom stereocenters. The van der Waals surface area contributed by atoms with Crippen LogP contribution in [0.3, 0.4) is 0 Å². The topological polar surface area (TPSA) is 143 Å². The van der Waals surface area contributed by atoms with Crippen LogP contribution >= 0.6 is 0 Å². The Morgan fingerprint density at radius 3 is 2.76 bits per heavy atom. The minimum Gasteiger partial charge on any atom is -0.506 e. The maximum Gasteiger partial charge on any atom is 0.248 e. The van der Waals surface area contributed by atoms with Gasteiger partial charge in [-0.05, 0) is 84.5 Å². The number of hydrogen-bond donors (Lipinski definition) is 4. The SMILES string of the molecule is CN(CCNCC(O)c1ccc(O)c2[nH]c(=O)ccc12)C(=O)CCOCCc1cccc(CN2CCC3(CC2)CN(c2cc(C4CC4)ccn2)CCO3)c1. The van der Waals surface area contributed by atoms with E-state index in [-0.39, 0.29) is 29.4 Å². The maximum absolute atomic E-state index is 12.7. The van der Waals surface area contributed by atoms with Crippen LogP contribution in [0.25, 0.3) is 10.9 Å². The number of aliphatic hydroxyl groups is 1. The van der Waals surface area contributed by atoms with Crippen molar-refractivity contribution >= 4 is 22.6 Å². The van der Waals surface area contributed by atoms with Crippen LogP contribution in [0.1, 0.15) is 66.4 Å². The number of ether oxygens (including phenoxy) is 2. The highest BCUT2D eigenvalue weighted by molar-refractivity contribution is 5.87. The molecule has 0 radical (unpaired) electrons. The molecule has 2 aromatic heterocycles. The number of rotatable bonds is 16. The molecule has 2 aliphatic heterocycles. The van der Waals surface area contributed by atoms with E-state index in [2.05, 4.69) is 56.5 Å². The number of phenols is 1. The zero-order valence-electron chi connectivity index (χ0n) is 31.3. The molecule has 4 N–H and O–H groups in total. The third-order valence-corrected chi connectivity index (χ3v) is 11.2. The van der Waals surface area contributed by atoms with E-state index in [9.17, 15) is 19.8 Å². The van der Waals surface area contributed by atoms with E-state index in [0.29, 0.717) is 49.2 Å². The van der Waals surface area contributed by atoms with Crippen molar-refractivity contribution in [2.45, 2.75) is 62.7 Å². The highest BCUT2D eigenvalue weighted by Crippen LogP contribution is 2.41. The van der Waals surface area contributed by atoms with E-state index in [1.54, 1.807) is 24.1 Å². The van der Waals surface area contributed by atoms with E-state index >= 15 is 0 Å². The van der Waals surface area contributed by atoms with Crippen LogP contribution in [0.5, 0.6) is 5.75 Å². The lowest BCUT2D eigenvalue weighted by Crippen LogP contribution is -2.57. The fourth-order valence-electron chi connectivity index (χ4n) is 7.79. The highest BCUT2D eigenvalue weighted by atomic mass is 16.5. The Morgan fingerprint density at radius 2 is 1.93 bits per heavy atom. The van der Waals surface area contributed by atoms with Crippen molar-refractivity contribution in [3.05, 3.63) is 99.5 Å². The van der Waals surface area contributed by atoms with Crippen molar-refractivity contribution in [2.75, 3.05) is 77.6 Å². The van der Waals surface area contributed by atoms with Crippen LogP contribution in [0.15, 0.2) is 71.7 Å². The number of aromatic amines is 1. The van der Waals surface area contributed by atoms with Gasteiger partial charge in [0.2, 0.25) is 11.5 Å². The number of likely N-dealkylation sites (N-methyl/N-ethyl adjacent to an activating group) is 1. The van der Waals surface area contributed by atoms with Gasteiger partial charge >= 0.3 is 0 Å². The molecule has 1 amide bonds. The monoisotopic (exact) mass is 738 g/mol. The zero-order chi connectivity index (χ0) is 37.5. The molecule has 2 aromatic carbocycles. The van der Waals surface area contributed by atoms with Gasteiger partial charge in [-0.3, -0.25) is 14.5 Å². The van der Waals surface area contributed by atoms with Gasteiger partial charge in [-0.2, -0.15) is 0 Å². The summed E-state index contributed by atoms with van der Waals surface area (Å²) in [7, 11) is 1.76. The Hall–Kier alpha value is -4.33. The number of hydrogen-bond acceptors (Lipinski definition) is 10. The lowest BCUT2D eigenvalue weighted by molar-refractivity contribution is -0.131. The van der Waals surface area contributed by atoms with Gasteiger partial charge in [0.1, 0.15) is 11.6 Å². The van der Waals surface area contributed by atoms with Gasteiger partial charge in [-0.15, -0.1) is 0 Å². The van der Waals surface area contributed by atoms with Gasteiger partial charge in [0.15, 0.2) is 0 Å². The molecular formula is C42H54N6O6. The fraction of sp³-hybridized carbons (Fsp3) is 0.500. The molecule has 12 nitrogen and oxygen atoms in total. The second-order valence-corrected chi connectivity index (χ2v) is 15.2. The largest absolute Gasteiger partial charge is 0.506 e. The van der Waals surface area contributed by atoms with Crippen molar-refractivity contribution in [1.82, 2.24) is 25.1 Å². The van der Waals surface area contributed by atoms with Gasteiger partial charge in [0.25, 0.3) is 0 Å². The smallest absolute Gasteiger partial charge is 0.248 e. The lowest BCUT2D eigenvalue weighted by Gasteiger charge is -2.47. The van der Waals surface area contributed by atoms with Crippen LogP contribution in [0, 0.1) is 0 Å². The summed E-state index contributed by atoms with van der Waals surface area (Å²) in [6.07, 6.45) is 6.87. The number of carbonyl (C=O) groups is 1. The van der Waals surface area contributed by atoms with Crippen molar-refractivity contribution in [1.29, 1.82) is 0 Å². The molecule has 12 heteroatoms. The van der Waals surface area contributed by atoms with E-state index in [4.69, 9.17) is 14.5 Å². The molecule has 288 valence electrons. The molecule has 4 heterocycles. The molecule has 1 spiro atoms. The number of pyridine rings is 2. The van der Waals surface area contributed by atoms with Crippen molar-refractivity contribution < 1.29 is 24.5 Å². The number of carbonyl (C=O) groups excluding carboxylic acids is 1. The molecule has 2 saturated heterocycles. The minimum atomic E-state index is -0.853. The Balaban J connectivity index is 0.772. The summed E-state index contributed by atoms with van der Waals surface area (Å²) >= 11 is 0. The van der Waals surface area contributed by atoms with Crippen LogP contribution < -0.4 is 15.8 Å². The number of aromatic nitrogens is 2. The summed E-state index contributed by atoms with van der Waals surface area (Å²) in [6.45, 7) is 7.67. The minimum absolute atomic E-state index is 0.00178. The number of amides is 1. The number of phenolic OH excluding ortho intramolecular Hbond substituents is 1. The molecule has 3 fully saturated rings. The first-order chi connectivity index (χ1) is 26.2. The Morgan fingerprint density at radius 1 is 1.09 bits per heavy atom. The highest BCUT2D eigenvalue weighted by Gasteiger charge is 2.40. The quantitative estimate of drug-likeness (QED) is 0.124. The number of benzene rings is 2. The number of anilines is 1.